The van der Waals surface area contributed by atoms with Gasteiger partial charge in [-0.2, -0.15) is 4.31 Å². The van der Waals surface area contributed by atoms with Crippen LogP contribution in [-0.2, 0) is 34.4 Å². The molecule has 16 heteroatoms. The third kappa shape index (κ3) is 9.71. The van der Waals surface area contributed by atoms with Crippen molar-refractivity contribution in [3.8, 4) is 28.6 Å². The van der Waals surface area contributed by atoms with Crippen molar-refractivity contribution in [1.29, 1.82) is 0 Å². The summed E-state index contributed by atoms with van der Waals surface area (Å²) >= 11 is 3.57. The minimum Gasteiger partial charge on any atom is -0.497 e. The van der Waals surface area contributed by atoms with Crippen LogP contribution in [-0.4, -0.2) is 89.2 Å². The van der Waals surface area contributed by atoms with Crippen molar-refractivity contribution in [3.05, 3.63) is 105 Å². The molecule has 0 aliphatic carbocycles. The van der Waals surface area contributed by atoms with Gasteiger partial charge in [0, 0.05) is 39.9 Å². The number of hydrogen-bond acceptors (Lipinski definition) is 11. The van der Waals surface area contributed by atoms with Crippen LogP contribution in [0.15, 0.2) is 94.7 Å². The Balaban J connectivity index is 1.45. The molecule has 290 valence electrons. The van der Waals surface area contributed by atoms with Gasteiger partial charge in [0.15, 0.2) is 5.82 Å². The van der Waals surface area contributed by atoms with Crippen LogP contribution >= 0.6 is 34.4 Å². The molecular formula is C39H43IN6O7S2. The third-order valence-electron chi connectivity index (χ3n) is 8.74. The molecule has 2 heterocycles. The van der Waals surface area contributed by atoms with Crippen LogP contribution in [0.25, 0.3) is 11.4 Å². The van der Waals surface area contributed by atoms with E-state index in [-0.39, 0.29) is 29.8 Å². The molecule has 1 fully saturated rings. The lowest BCUT2D eigenvalue weighted by Gasteiger charge is -2.39. The molecule has 1 amide bonds. The number of methoxy groups -OCH3 is 3. The van der Waals surface area contributed by atoms with Crippen molar-refractivity contribution < 1.29 is 32.2 Å². The Morgan fingerprint density at radius 1 is 0.818 bits per heavy atom. The summed E-state index contributed by atoms with van der Waals surface area (Å²) in [5.74, 6) is 2.34. The Hall–Kier alpha value is -4.39. The van der Waals surface area contributed by atoms with E-state index in [9.17, 15) is 4.79 Å². The molecule has 1 aliphatic rings. The maximum Gasteiger partial charge on any atom is 0.410 e. The number of sulfonamides is 1. The molecule has 0 radical (unpaired) electrons. The zero-order valence-corrected chi connectivity index (χ0v) is 35.2. The first-order valence-corrected chi connectivity index (χ1v) is 20.8. The second-order valence-corrected chi connectivity index (χ2v) is 18.2. The zero-order chi connectivity index (χ0) is 39.3. The molecule has 0 unspecified atom stereocenters. The number of ether oxygens (including phenoxy) is 4. The van der Waals surface area contributed by atoms with E-state index in [1.165, 1.54) is 16.1 Å². The first-order chi connectivity index (χ1) is 26.3. The van der Waals surface area contributed by atoms with Gasteiger partial charge in [-0.25, -0.2) is 17.9 Å². The summed E-state index contributed by atoms with van der Waals surface area (Å²) in [6, 6.07) is 25.9. The maximum atomic E-state index is 15.5. The fourth-order valence-electron chi connectivity index (χ4n) is 5.88. The van der Waals surface area contributed by atoms with Crippen molar-refractivity contribution in [3.63, 3.8) is 0 Å². The summed E-state index contributed by atoms with van der Waals surface area (Å²) in [7, 11) is 0.475. The number of amides is 1. The van der Waals surface area contributed by atoms with Gasteiger partial charge in [-0.1, -0.05) is 36.4 Å². The molecule has 55 heavy (non-hydrogen) atoms. The normalized spacial score (nSPS) is 13.4. The lowest BCUT2D eigenvalue weighted by atomic mass is 10.2. The number of halogens is 1. The average Bonchev–Trinajstić information content (AvgIpc) is 3.60. The fourth-order valence-corrected chi connectivity index (χ4v) is 10.1. The minimum atomic E-state index is -4.31. The van der Waals surface area contributed by atoms with Gasteiger partial charge in [0.25, 0.3) is 0 Å². The van der Waals surface area contributed by atoms with E-state index in [1.807, 2.05) is 106 Å². The number of carbonyl (C=O) groups excluding carboxylic acids is 1. The smallest absolute Gasteiger partial charge is 0.410 e. The highest BCUT2D eigenvalue weighted by Gasteiger charge is 2.38. The van der Waals surface area contributed by atoms with Crippen LogP contribution in [0.2, 0.25) is 0 Å². The van der Waals surface area contributed by atoms with E-state index >= 15 is 8.42 Å². The fraction of sp³-hybridized carbons (Fsp3) is 0.333. The van der Waals surface area contributed by atoms with Crippen molar-refractivity contribution >= 4 is 50.5 Å². The van der Waals surface area contributed by atoms with E-state index in [2.05, 4.69) is 38.1 Å². The number of nitrogens with zero attached hydrogens (tertiary/aromatic N) is 6. The molecular weight excluding hydrogens is 856 g/mol. The first kappa shape index (κ1) is 40.3. The lowest BCUT2D eigenvalue weighted by Crippen LogP contribution is -2.53. The number of benzene rings is 4. The Labute approximate surface area is 339 Å². The summed E-state index contributed by atoms with van der Waals surface area (Å²) in [5.41, 5.74) is 2.21. The number of aromatic nitrogens is 4. The molecule has 0 spiro atoms. The quantitative estimate of drug-likeness (QED) is 0.105. The molecule has 5 aromatic rings. The second-order valence-electron chi connectivity index (χ2n) is 13.9. The predicted molar refractivity (Wildman–Crippen MR) is 218 cm³/mol. The van der Waals surface area contributed by atoms with Gasteiger partial charge < -0.3 is 23.8 Å². The van der Waals surface area contributed by atoms with Gasteiger partial charge in [0.05, 0.1) is 33.4 Å². The summed E-state index contributed by atoms with van der Waals surface area (Å²) in [6.45, 7) is 6.70. The summed E-state index contributed by atoms with van der Waals surface area (Å²) < 4.78 is 56.4. The molecule has 6 rings (SSSR count). The number of thioether (sulfide) groups is 1. The SMILES string of the molecule is COc1ccc(CN(Cc2ccc(OC)cc2)S(=O)(=O)c2c(SC3CN(C(=O)OC(C)(C)C)C3)ccc(I)c2-c2nnnn2Cc2ccc(OC)cc2)cc1. The number of carbonyl (C=O) groups is 1. The monoisotopic (exact) mass is 898 g/mol. The second kappa shape index (κ2) is 17.2. The predicted octanol–water partition coefficient (Wildman–Crippen LogP) is 7.12. The van der Waals surface area contributed by atoms with Crippen LogP contribution in [0.3, 0.4) is 0 Å². The highest BCUT2D eigenvalue weighted by Crippen LogP contribution is 2.43. The molecule has 1 aliphatic heterocycles. The third-order valence-corrected chi connectivity index (χ3v) is 12.9. The van der Waals surface area contributed by atoms with Gasteiger partial charge in [-0.05, 0) is 119 Å². The standard InChI is InChI=1S/C39H43IN6O7S2/c1-39(2,3)53-38(47)44-24-32(25-44)54-34-20-19-33(40)35(37-41-42-43-46(37)23-28-11-17-31(52-6)18-12-28)36(34)55(48,49)45(21-26-7-13-29(50-4)14-8-26)22-27-9-15-30(51-5)16-10-27/h7-20,32H,21-25H2,1-6H3. The van der Waals surface area contributed by atoms with Crippen molar-refractivity contribution in [2.45, 2.75) is 61.0 Å². The molecule has 1 saturated heterocycles. The van der Waals surface area contributed by atoms with Gasteiger partial charge >= 0.3 is 6.09 Å². The molecule has 1 aromatic heterocycles. The first-order valence-electron chi connectivity index (χ1n) is 17.4. The van der Waals surface area contributed by atoms with E-state index in [0.29, 0.717) is 50.2 Å². The summed E-state index contributed by atoms with van der Waals surface area (Å²) in [6.07, 6.45) is -0.400. The van der Waals surface area contributed by atoms with Gasteiger partial charge in [-0.15, -0.1) is 16.9 Å². The van der Waals surface area contributed by atoms with Crippen LogP contribution in [0.1, 0.15) is 37.5 Å². The highest BCUT2D eigenvalue weighted by molar-refractivity contribution is 14.1. The molecule has 0 bridgehead atoms. The molecule has 0 saturated carbocycles. The summed E-state index contributed by atoms with van der Waals surface area (Å²) in [4.78, 5) is 15.0. The maximum absolute atomic E-state index is 15.5. The van der Waals surface area contributed by atoms with Gasteiger partial charge in [0.1, 0.15) is 27.7 Å². The zero-order valence-electron chi connectivity index (χ0n) is 31.4. The highest BCUT2D eigenvalue weighted by atomic mass is 127. The Bertz CT molecular complexity index is 2160. The van der Waals surface area contributed by atoms with E-state index < -0.39 is 21.7 Å². The average molecular weight is 899 g/mol. The molecule has 4 aromatic carbocycles. The van der Waals surface area contributed by atoms with Crippen molar-refractivity contribution in [1.82, 2.24) is 29.4 Å². The van der Waals surface area contributed by atoms with Gasteiger partial charge in [-0.3, -0.25) is 0 Å². The largest absolute Gasteiger partial charge is 0.497 e. The number of hydrogen-bond donors (Lipinski definition) is 0. The summed E-state index contributed by atoms with van der Waals surface area (Å²) in [5, 5.41) is 12.7. The molecule has 0 atom stereocenters. The van der Waals surface area contributed by atoms with E-state index in [0.717, 1.165) is 16.7 Å². The number of likely N-dealkylation sites (tertiary alicyclic amines) is 1. The van der Waals surface area contributed by atoms with Crippen molar-refractivity contribution in [2.75, 3.05) is 34.4 Å². The Kier molecular flexibility index (Phi) is 12.6. The lowest BCUT2D eigenvalue weighted by molar-refractivity contribution is 0.0143. The number of rotatable bonds is 14. The van der Waals surface area contributed by atoms with E-state index in [4.69, 9.17) is 18.9 Å². The Morgan fingerprint density at radius 2 is 1.33 bits per heavy atom. The number of tetrazole rings is 1. The van der Waals surface area contributed by atoms with Gasteiger partial charge in [0.2, 0.25) is 10.0 Å². The van der Waals surface area contributed by atoms with E-state index in [1.54, 1.807) is 30.9 Å². The topological polar surface area (TPSA) is 138 Å². The Morgan fingerprint density at radius 3 is 1.82 bits per heavy atom. The molecule has 13 nitrogen and oxygen atoms in total. The van der Waals surface area contributed by atoms with Crippen LogP contribution in [0.5, 0.6) is 17.2 Å². The van der Waals surface area contributed by atoms with Crippen LogP contribution in [0.4, 0.5) is 4.79 Å². The van der Waals surface area contributed by atoms with Crippen LogP contribution < -0.4 is 14.2 Å². The minimum absolute atomic E-state index is 0.0695. The van der Waals surface area contributed by atoms with Crippen molar-refractivity contribution in [2.24, 2.45) is 0 Å². The molecule has 0 N–H and O–H groups in total. The van der Waals surface area contributed by atoms with Crippen LogP contribution in [0, 0.1) is 3.57 Å².